The highest BCUT2D eigenvalue weighted by Crippen LogP contribution is 2.18. The van der Waals surface area contributed by atoms with Crippen LogP contribution in [0.4, 0.5) is 5.69 Å². The lowest BCUT2D eigenvalue weighted by molar-refractivity contribution is 0.112. The first-order valence-electron chi connectivity index (χ1n) is 3.49. The fourth-order valence-electron chi connectivity index (χ4n) is 1.17. The van der Waals surface area contributed by atoms with E-state index in [9.17, 15) is 4.79 Å². The summed E-state index contributed by atoms with van der Waals surface area (Å²) in [5, 5.41) is 0. The van der Waals surface area contributed by atoms with Crippen LogP contribution in [0.25, 0.3) is 11.0 Å². The fourth-order valence-corrected chi connectivity index (χ4v) is 1.17. The maximum Gasteiger partial charge on any atom is 0.150 e. The smallest absolute Gasteiger partial charge is 0.150 e. The van der Waals surface area contributed by atoms with Crippen molar-refractivity contribution in [3.63, 3.8) is 0 Å². The molecule has 2 aromatic rings. The first-order valence-corrected chi connectivity index (χ1v) is 3.49. The lowest BCUT2D eigenvalue weighted by Gasteiger charge is -1.95. The summed E-state index contributed by atoms with van der Waals surface area (Å²) in [6, 6.07) is 3.32. The number of carbonyl (C=O) groups excluding carboxylic acids is 1. The quantitative estimate of drug-likeness (QED) is 0.483. The zero-order valence-corrected chi connectivity index (χ0v) is 6.24. The van der Waals surface area contributed by atoms with Crippen molar-refractivity contribution in [1.29, 1.82) is 0 Å². The fraction of sp³-hybridized carbons (Fsp3) is 0. The summed E-state index contributed by atoms with van der Waals surface area (Å²) in [6.07, 6.45) is 2.31. The van der Waals surface area contributed by atoms with Crippen LogP contribution in [-0.2, 0) is 0 Å². The molecule has 60 valence electrons. The van der Waals surface area contributed by atoms with Crippen molar-refractivity contribution in [1.82, 2.24) is 9.97 Å². The molecule has 0 aliphatic rings. The van der Waals surface area contributed by atoms with Crippen molar-refractivity contribution in [2.24, 2.45) is 0 Å². The normalized spacial score (nSPS) is 10.3. The zero-order valence-electron chi connectivity index (χ0n) is 6.24. The molecule has 0 saturated carbocycles. The van der Waals surface area contributed by atoms with Crippen LogP contribution in [0, 0.1) is 0 Å². The van der Waals surface area contributed by atoms with Gasteiger partial charge in [-0.2, -0.15) is 0 Å². The Morgan fingerprint density at radius 2 is 2.33 bits per heavy atom. The molecule has 0 atom stereocenters. The maximum absolute atomic E-state index is 10.4. The number of imidazole rings is 1. The Labute approximate surface area is 68.4 Å². The van der Waals surface area contributed by atoms with Gasteiger partial charge in [-0.3, -0.25) is 4.79 Å². The van der Waals surface area contributed by atoms with Crippen molar-refractivity contribution in [3.8, 4) is 0 Å². The Kier molecular flexibility index (Phi) is 1.33. The molecule has 1 aromatic carbocycles. The Bertz CT molecular complexity index is 433. The van der Waals surface area contributed by atoms with Crippen molar-refractivity contribution in [2.45, 2.75) is 0 Å². The zero-order chi connectivity index (χ0) is 8.55. The second-order valence-corrected chi connectivity index (χ2v) is 2.53. The standard InChI is InChI=1S/C8H7N3O/c9-6-1-5(3-12)2-7-8(6)11-4-10-7/h1-4H,9H2,(H,10,11). The monoisotopic (exact) mass is 161 g/mol. The number of aromatic amines is 1. The lowest BCUT2D eigenvalue weighted by Crippen LogP contribution is -1.89. The van der Waals surface area contributed by atoms with Crippen LogP contribution >= 0.6 is 0 Å². The summed E-state index contributed by atoms with van der Waals surface area (Å²) < 4.78 is 0. The molecule has 4 heteroatoms. The topological polar surface area (TPSA) is 71.8 Å². The molecule has 0 aliphatic heterocycles. The molecule has 1 heterocycles. The van der Waals surface area contributed by atoms with Gasteiger partial charge in [0, 0.05) is 5.56 Å². The van der Waals surface area contributed by atoms with E-state index in [0.29, 0.717) is 16.8 Å². The number of nitrogens with one attached hydrogen (secondary N) is 1. The van der Waals surface area contributed by atoms with E-state index < -0.39 is 0 Å². The highest BCUT2D eigenvalue weighted by atomic mass is 16.1. The molecule has 0 saturated heterocycles. The summed E-state index contributed by atoms with van der Waals surface area (Å²) in [4.78, 5) is 17.3. The van der Waals surface area contributed by atoms with E-state index in [2.05, 4.69) is 9.97 Å². The number of fused-ring (bicyclic) bond motifs is 1. The number of benzene rings is 1. The van der Waals surface area contributed by atoms with Crippen LogP contribution < -0.4 is 5.73 Å². The second kappa shape index (κ2) is 2.34. The molecule has 1 aromatic heterocycles. The van der Waals surface area contributed by atoms with Crippen LogP contribution in [0.2, 0.25) is 0 Å². The SMILES string of the molecule is Nc1cc(C=O)cc2[nH]cnc12. The number of hydrogen-bond donors (Lipinski definition) is 2. The number of H-pyrrole nitrogens is 1. The molecular formula is C8H7N3O. The van der Waals surface area contributed by atoms with Crippen molar-refractivity contribution in [2.75, 3.05) is 5.73 Å². The Morgan fingerprint density at radius 3 is 3.08 bits per heavy atom. The molecule has 0 amide bonds. The van der Waals surface area contributed by atoms with E-state index in [-0.39, 0.29) is 0 Å². The number of aldehydes is 1. The van der Waals surface area contributed by atoms with Gasteiger partial charge in [0.1, 0.15) is 11.8 Å². The average molecular weight is 161 g/mol. The van der Waals surface area contributed by atoms with Crippen molar-refractivity contribution in [3.05, 3.63) is 24.0 Å². The van der Waals surface area contributed by atoms with E-state index in [1.165, 1.54) is 0 Å². The number of nitrogens with two attached hydrogens (primary N) is 1. The van der Waals surface area contributed by atoms with Gasteiger partial charge >= 0.3 is 0 Å². The number of carbonyl (C=O) groups is 1. The number of nitrogen functional groups attached to an aromatic ring is 1. The molecule has 0 unspecified atom stereocenters. The van der Waals surface area contributed by atoms with E-state index in [4.69, 9.17) is 5.73 Å². The predicted molar refractivity (Wildman–Crippen MR) is 45.9 cm³/mol. The van der Waals surface area contributed by atoms with Gasteiger partial charge in [-0.25, -0.2) is 4.98 Å². The summed E-state index contributed by atoms with van der Waals surface area (Å²) in [6.45, 7) is 0. The molecular weight excluding hydrogens is 154 g/mol. The molecule has 0 bridgehead atoms. The van der Waals surface area contributed by atoms with E-state index in [1.807, 2.05) is 0 Å². The molecule has 12 heavy (non-hydrogen) atoms. The maximum atomic E-state index is 10.4. The largest absolute Gasteiger partial charge is 0.397 e. The summed E-state index contributed by atoms with van der Waals surface area (Å²) in [5.74, 6) is 0. The molecule has 0 radical (unpaired) electrons. The van der Waals surface area contributed by atoms with Crippen LogP contribution in [0.3, 0.4) is 0 Å². The van der Waals surface area contributed by atoms with Crippen LogP contribution in [0.1, 0.15) is 10.4 Å². The number of aromatic nitrogens is 2. The van der Waals surface area contributed by atoms with Crippen LogP contribution in [-0.4, -0.2) is 16.3 Å². The van der Waals surface area contributed by atoms with Gasteiger partial charge in [0.2, 0.25) is 0 Å². The van der Waals surface area contributed by atoms with Crippen molar-refractivity contribution < 1.29 is 4.79 Å². The van der Waals surface area contributed by atoms with Crippen molar-refractivity contribution >= 4 is 23.0 Å². The molecule has 0 aliphatic carbocycles. The number of anilines is 1. The molecule has 3 N–H and O–H groups in total. The van der Waals surface area contributed by atoms with Gasteiger partial charge in [0.15, 0.2) is 0 Å². The van der Waals surface area contributed by atoms with Gasteiger partial charge in [0.25, 0.3) is 0 Å². The van der Waals surface area contributed by atoms with Crippen LogP contribution in [0.15, 0.2) is 18.5 Å². The van der Waals surface area contributed by atoms with Gasteiger partial charge in [-0.05, 0) is 12.1 Å². The highest BCUT2D eigenvalue weighted by Gasteiger charge is 2.01. The Hall–Kier alpha value is -1.84. The molecule has 0 fully saturated rings. The minimum Gasteiger partial charge on any atom is -0.397 e. The van der Waals surface area contributed by atoms with E-state index in [0.717, 1.165) is 11.8 Å². The highest BCUT2D eigenvalue weighted by molar-refractivity contribution is 5.92. The minimum atomic E-state index is 0.524. The second-order valence-electron chi connectivity index (χ2n) is 2.53. The van der Waals surface area contributed by atoms with E-state index in [1.54, 1.807) is 18.5 Å². The minimum absolute atomic E-state index is 0.524. The third-order valence-corrected chi connectivity index (χ3v) is 1.71. The molecule has 4 nitrogen and oxygen atoms in total. The third kappa shape index (κ3) is 0.852. The number of hydrogen-bond acceptors (Lipinski definition) is 3. The van der Waals surface area contributed by atoms with Crippen LogP contribution in [0.5, 0.6) is 0 Å². The summed E-state index contributed by atoms with van der Waals surface area (Å²) >= 11 is 0. The third-order valence-electron chi connectivity index (χ3n) is 1.71. The first-order chi connectivity index (χ1) is 5.81. The molecule has 2 rings (SSSR count). The molecule has 0 spiro atoms. The predicted octanol–water partition coefficient (Wildman–Crippen LogP) is 0.958. The lowest BCUT2D eigenvalue weighted by atomic mass is 10.2. The Morgan fingerprint density at radius 1 is 1.50 bits per heavy atom. The number of rotatable bonds is 1. The van der Waals surface area contributed by atoms with Gasteiger partial charge < -0.3 is 10.7 Å². The average Bonchev–Trinajstić information content (AvgIpc) is 2.52. The van der Waals surface area contributed by atoms with Gasteiger partial charge in [-0.15, -0.1) is 0 Å². The first kappa shape index (κ1) is 6.84. The number of nitrogens with zero attached hydrogens (tertiary/aromatic N) is 1. The summed E-state index contributed by atoms with van der Waals surface area (Å²) in [7, 11) is 0. The van der Waals surface area contributed by atoms with Gasteiger partial charge in [0.05, 0.1) is 17.5 Å². The Balaban J connectivity index is 2.83. The summed E-state index contributed by atoms with van der Waals surface area (Å²) in [5.41, 5.74) is 8.22. The van der Waals surface area contributed by atoms with Gasteiger partial charge in [-0.1, -0.05) is 0 Å². The van der Waals surface area contributed by atoms with E-state index >= 15 is 0 Å².